The van der Waals surface area contributed by atoms with Gasteiger partial charge in [0.05, 0.1) is 11.3 Å². The summed E-state index contributed by atoms with van der Waals surface area (Å²) in [5.74, 6) is -0.754. The molecule has 0 bridgehead atoms. The Bertz CT molecular complexity index is 567. The molecule has 5 nitrogen and oxygen atoms in total. The summed E-state index contributed by atoms with van der Waals surface area (Å²) in [5, 5.41) is 21.3. The van der Waals surface area contributed by atoms with Crippen LogP contribution in [0.25, 0.3) is 0 Å². The zero-order valence-electron chi connectivity index (χ0n) is 10.2. The summed E-state index contributed by atoms with van der Waals surface area (Å²) in [6, 6.07) is 9.97. The van der Waals surface area contributed by atoms with E-state index in [1.807, 2.05) is 0 Å². The number of phenolic OH excluding ortho intramolecular Hbond substituents is 1. The smallest absolute Gasteiger partial charge is 0.337 e. The highest BCUT2D eigenvalue weighted by atomic mass is 16.4. The predicted molar refractivity (Wildman–Crippen MR) is 69.8 cm³/mol. The summed E-state index contributed by atoms with van der Waals surface area (Å²) < 4.78 is 0. The summed E-state index contributed by atoms with van der Waals surface area (Å²) in [6.07, 6.45) is 1.57. The molecular weight excluding hydrogens is 244 g/mol. The number of aromatic nitrogens is 1. The Balaban J connectivity index is 1.96. The second kappa shape index (κ2) is 5.97. The van der Waals surface area contributed by atoms with Gasteiger partial charge in [-0.2, -0.15) is 0 Å². The third-order valence-corrected chi connectivity index (χ3v) is 2.68. The highest BCUT2D eigenvalue weighted by Crippen LogP contribution is 2.10. The van der Waals surface area contributed by atoms with E-state index < -0.39 is 5.97 Å². The molecule has 0 saturated carbocycles. The lowest BCUT2D eigenvalue weighted by Crippen LogP contribution is -2.16. The number of carboxylic acids is 1. The van der Waals surface area contributed by atoms with Crippen molar-refractivity contribution in [1.82, 2.24) is 10.3 Å². The van der Waals surface area contributed by atoms with E-state index in [1.165, 1.54) is 6.07 Å². The van der Waals surface area contributed by atoms with Crippen LogP contribution in [0.2, 0.25) is 0 Å². The first-order chi connectivity index (χ1) is 9.16. The number of carboxylic acid groups (broad SMARTS) is 1. The van der Waals surface area contributed by atoms with Gasteiger partial charge in [0.15, 0.2) is 0 Å². The summed E-state index contributed by atoms with van der Waals surface area (Å²) in [4.78, 5) is 15.1. The zero-order valence-corrected chi connectivity index (χ0v) is 10.2. The van der Waals surface area contributed by atoms with Gasteiger partial charge in [-0.1, -0.05) is 12.1 Å². The largest absolute Gasteiger partial charge is 0.508 e. The number of pyridine rings is 1. The van der Waals surface area contributed by atoms with Gasteiger partial charge in [-0.15, -0.1) is 0 Å². The van der Waals surface area contributed by atoms with Crippen LogP contribution in [-0.4, -0.2) is 21.2 Å². The Morgan fingerprint density at radius 3 is 2.58 bits per heavy atom. The van der Waals surface area contributed by atoms with Crippen molar-refractivity contribution in [2.75, 3.05) is 0 Å². The van der Waals surface area contributed by atoms with Crippen molar-refractivity contribution in [3.63, 3.8) is 0 Å². The fourth-order valence-corrected chi connectivity index (χ4v) is 1.71. The molecule has 0 fully saturated rings. The number of phenols is 1. The molecule has 1 aromatic heterocycles. The van der Waals surface area contributed by atoms with E-state index in [2.05, 4.69) is 10.3 Å². The van der Waals surface area contributed by atoms with Crippen LogP contribution < -0.4 is 5.32 Å². The second-order valence-electron chi connectivity index (χ2n) is 4.07. The van der Waals surface area contributed by atoms with Gasteiger partial charge in [-0.05, 0) is 29.8 Å². The molecule has 0 atom stereocenters. The van der Waals surface area contributed by atoms with E-state index >= 15 is 0 Å². The molecule has 5 heteroatoms. The predicted octanol–water partition coefficient (Wildman–Crippen LogP) is 1.78. The molecule has 0 spiro atoms. The molecule has 0 unspecified atom stereocenters. The van der Waals surface area contributed by atoms with Crippen LogP contribution in [0.15, 0.2) is 42.6 Å². The highest BCUT2D eigenvalue weighted by Gasteiger charge is 2.09. The maximum Gasteiger partial charge on any atom is 0.337 e. The zero-order chi connectivity index (χ0) is 13.7. The molecule has 2 aromatic rings. The minimum atomic E-state index is -0.977. The van der Waals surface area contributed by atoms with E-state index in [9.17, 15) is 4.79 Å². The van der Waals surface area contributed by atoms with Gasteiger partial charge in [0.2, 0.25) is 0 Å². The fraction of sp³-hybridized carbons (Fsp3) is 0.143. The van der Waals surface area contributed by atoms with Crippen LogP contribution in [0, 0.1) is 0 Å². The van der Waals surface area contributed by atoms with E-state index in [1.54, 1.807) is 36.5 Å². The van der Waals surface area contributed by atoms with E-state index in [-0.39, 0.29) is 11.3 Å². The molecule has 2 rings (SSSR count). The van der Waals surface area contributed by atoms with Gasteiger partial charge in [0.1, 0.15) is 5.75 Å². The van der Waals surface area contributed by atoms with Crippen molar-refractivity contribution < 1.29 is 15.0 Å². The molecule has 1 aromatic carbocycles. The second-order valence-corrected chi connectivity index (χ2v) is 4.07. The summed E-state index contributed by atoms with van der Waals surface area (Å²) in [6.45, 7) is 0.958. The van der Waals surface area contributed by atoms with Gasteiger partial charge >= 0.3 is 5.97 Å². The van der Waals surface area contributed by atoms with Crippen molar-refractivity contribution in [3.05, 3.63) is 59.4 Å². The van der Waals surface area contributed by atoms with Crippen LogP contribution in [0.3, 0.4) is 0 Å². The standard InChI is InChI=1S/C14H14N2O3/c17-11-5-3-10(4-6-11)8-15-9-13-12(14(18)19)2-1-7-16-13/h1-7,15,17H,8-9H2,(H,18,19). The van der Waals surface area contributed by atoms with Crippen LogP contribution in [0.4, 0.5) is 0 Å². The van der Waals surface area contributed by atoms with E-state index in [4.69, 9.17) is 10.2 Å². The van der Waals surface area contributed by atoms with E-state index in [0.717, 1.165) is 5.56 Å². The van der Waals surface area contributed by atoms with Gasteiger partial charge in [-0.25, -0.2) is 4.79 Å². The van der Waals surface area contributed by atoms with Crippen molar-refractivity contribution in [3.8, 4) is 5.75 Å². The Morgan fingerprint density at radius 1 is 1.16 bits per heavy atom. The Morgan fingerprint density at radius 2 is 1.89 bits per heavy atom. The number of rotatable bonds is 5. The lowest BCUT2D eigenvalue weighted by atomic mass is 10.2. The van der Waals surface area contributed by atoms with Crippen LogP contribution in [0.5, 0.6) is 5.75 Å². The lowest BCUT2D eigenvalue weighted by molar-refractivity contribution is 0.0695. The van der Waals surface area contributed by atoms with Crippen molar-refractivity contribution in [2.24, 2.45) is 0 Å². The SMILES string of the molecule is O=C(O)c1cccnc1CNCc1ccc(O)cc1. The maximum absolute atomic E-state index is 11.0. The van der Waals surface area contributed by atoms with Gasteiger partial charge in [0.25, 0.3) is 0 Å². The number of benzene rings is 1. The Labute approximate surface area is 110 Å². The van der Waals surface area contributed by atoms with Crippen LogP contribution in [0.1, 0.15) is 21.6 Å². The quantitative estimate of drug-likeness (QED) is 0.761. The summed E-state index contributed by atoms with van der Waals surface area (Å²) in [7, 11) is 0. The summed E-state index contributed by atoms with van der Waals surface area (Å²) in [5.41, 5.74) is 1.72. The van der Waals surface area contributed by atoms with E-state index in [0.29, 0.717) is 18.8 Å². The average Bonchev–Trinajstić information content (AvgIpc) is 2.41. The first-order valence-corrected chi connectivity index (χ1v) is 5.82. The molecule has 19 heavy (non-hydrogen) atoms. The third-order valence-electron chi connectivity index (χ3n) is 2.68. The summed E-state index contributed by atoms with van der Waals surface area (Å²) >= 11 is 0. The molecule has 0 saturated heterocycles. The fourth-order valence-electron chi connectivity index (χ4n) is 1.71. The molecule has 0 aliphatic rings. The van der Waals surface area contributed by atoms with Gasteiger partial charge in [-0.3, -0.25) is 4.98 Å². The normalized spacial score (nSPS) is 10.3. The number of carbonyl (C=O) groups is 1. The minimum absolute atomic E-state index is 0.209. The number of aromatic carboxylic acids is 1. The molecule has 0 aliphatic heterocycles. The number of nitrogens with one attached hydrogen (secondary N) is 1. The highest BCUT2D eigenvalue weighted by molar-refractivity contribution is 5.88. The number of hydrogen-bond acceptors (Lipinski definition) is 4. The number of aromatic hydroxyl groups is 1. The molecule has 0 amide bonds. The maximum atomic E-state index is 11.0. The molecule has 0 radical (unpaired) electrons. The lowest BCUT2D eigenvalue weighted by Gasteiger charge is -2.07. The van der Waals surface area contributed by atoms with Crippen molar-refractivity contribution >= 4 is 5.97 Å². The average molecular weight is 258 g/mol. The van der Waals surface area contributed by atoms with Gasteiger partial charge in [0, 0.05) is 19.3 Å². The first-order valence-electron chi connectivity index (χ1n) is 5.82. The Hall–Kier alpha value is -2.40. The first kappa shape index (κ1) is 13.0. The van der Waals surface area contributed by atoms with Crippen LogP contribution >= 0.6 is 0 Å². The molecule has 98 valence electrons. The minimum Gasteiger partial charge on any atom is -0.508 e. The number of hydrogen-bond donors (Lipinski definition) is 3. The molecule has 1 heterocycles. The molecular formula is C14H14N2O3. The van der Waals surface area contributed by atoms with Crippen molar-refractivity contribution in [1.29, 1.82) is 0 Å². The topological polar surface area (TPSA) is 82.5 Å². The number of nitrogens with zero attached hydrogens (tertiary/aromatic N) is 1. The molecule has 0 aliphatic carbocycles. The van der Waals surface area contributed by atoms with Crippen molar-refractivity contribution in [2.45, 2.75) is 13.1 Å². The van der Waals surface area contributed by atoms with Crippen LogP contribution in [-0.2, 0) is 13.1 Å². The van der Waals surface area contributed by atoms with Gasteiger partial charge < -0.3 is 15.5 Å². The monoisotopic (exact) mass is 258 g/mol. The Kier molecular flexibility index (Phi) is 4.10. The molecule has 3 N–H and O–H groups in total. The third kappa shape index (κ3) is 3.53.